The third-order valence-electron chi connectivity index (χ3n) is 3.82. The van der Waals surface area contributed by atoms with E-state index in [9.17, 15) is 9.59 Å². The highest BCUT2D eigenvalue weighted by molar-refractivity contribution is 5.74. The molecular weight excluding hydrogens is 260 g/mol. The van der Waals surface area contributed by atoms with E-state index in [4.69, 9.17) is 9.84 Å². The number of hydrogen-bond acceptors (Lipinski definition) is 3. The lowest BCUT2D eigenvalue weighted by atomic mass is 10.2. The fourth-order valence-electron chi connectivity index (χ4n) is 2.51. The number of aliphatic carboxylic acids is 1. The standard InChI is InChI=1S/C14H24N2O4/c1-2-7-16(9-10-3-4-10)14(19)15-8-11-5-6-12(20-11)13(17)18/h10-12H,2-9H2,1H3,(H,15,19)(H,17,18). The summed E-state index contributed by atoms with van der Waals surface area (Å²) in [5.41, 5.74) is 0. The van der Waals surface area contributed by atoms with Gasteiger partial charge in [-0.25, -0.2) is 9.59 Å². The van der Waals surface area contributed by atoms with Crippen LogP contribution in [0.2, 0.25) is 0 Å². The second-order valence-electron chi connectivity index (χ2n) is 5.74. The summed E-state index contributed by atoms with van der Waals surface area (Å²) >= 11 is 0. The van der Waals surface area contributed by atoms with E-state index >= 15 is 0 Å². The fraction of sp³-hybridized carbons (Fsp3) is 0.857. The third-order valence-corrected chi connectivity index (χ3v) is 3.82. The van der Waals surface area contributed by atoms with Gasteiger partial charge in [0, 0.05) is 19.6 Å². The molecule has 2 aliphatic rings. The monoisotopic (exact) mass is 284 g/mol. The Kier molecular flexibility index (Phi) is 5.23. The second kappa shape index (κ2) is 6.92. The summed E-state index contributed by atoms with van der Waals surface area (Å²) in [6.07, 6.45) is 3.71. The van der Waals surface area contributed by atoms with Gasteiger partial charge in [-0.1, -0.05) is 6.92 Å². The van der Waals surface area contributed by atoms with Crippen molar-refractivity contribution in [2.45, 2.75) is 51.2 Å². The van der Waals surface area contributed by atoms with Crippen molar-refractivity contribution in [2.75, 3.05) is 19.6 Å². The van der Waals surface area contributed by atoms with Gasteiger partial charge < -0.3 is 20.1 Å². The van der Waals surface area contributed by atoms with Crippen LogP contribution < -0.4 is 5.32 Å². The number of amides is 2. The van der Waals surface area contributed by atoms with Crippen molar-refractivity contribution in [3.05, 3.63) is 0 Å². The number of ether oxygens (including phenoxy) is 1. The first-order valence-corrected chi connectivity index (χ1v) is 7.51. The van der Waals surface area contributed by atoms with Crippen molar-refractivity contribution < 1.29 is 19.4 Å². The van der Waals surface area contributed by atoms with Crippen LogP contribution in [-0.4, -0.2) is 53.8 Å². The van der Waals surface area contributed by atoms with Gasteiger partial charge in [0.25, 0.3) is 0 Å². The highest BCUT2D eigenvalue weighted by atomic mass is 16.5. The highest BCUT2D eigenvalue weighted by Crippen LogP contribution is 2.29. The van der Waals surface area contributed by atoms with Crippen LogP contribution in [0.1, 0.15) is 39.0 Å². The van der Waals surface area contributed by atoms with Gasteiger partial charge in [0.1, 0.15) is 0 Å². The first-order chi connectivity index (χ1) is 9.60. The van der Waals surface area contributed by atoms with Crippen LogP contribution >= 0.6 is 0 Å². The van der Waals surface area contributed by atoms with E-state index in [1.165, 1.54) is 12.8 Å². The molecule has 2 rings (SSSR count). The summed E-state index contributed by atoms with van der Waals surface area (Å²) in [6.45, 7) is 4.06. The molecule has 6 heteroatoms. The number of carbonyl (C=O) groups is 2. The SMILES string of the molecule is CCCN(CC1CC1)C(=O)NCC1CCC(C(=O)O)O1. The van der Waals surface area contributed by atoms with E-state index in [0.717, 1.165) is 19.5 Å². The number of carboxylic acid groups (broad SMARTS) is 1. The molecule has 0 aromatic rings. The number of nitrogens with zero attached hydrogens (tertiary/aromatic N) is 1. The highest BCUT2D eigenvalue weighted by Gasteiger charge is 2.31. The Hall–Kier alpha value is -1.30. The van der Waals surface area contributed by atoms with E-state index in [-0.39, 0.29) is 12.1 Å². The second-order valence-corrected chi connectivity index (χ2v) is 5.74. The molecule has 0 aromatic carbocycles. The minimum absolute atomic E-state index is 0.0545. The molecule has 1 heterocycles. The van der Waals surface area contributed by atoms with E-state index in [1.54, 1.807) is 0 Å². The summed E-state index contributed by atoms with van der Waals surface area (Å²) in [5, 5.41) is 11.7. The van der Waals surface area contributed by atoms with Crippen molar-refractivity contribution in [3.63, 3.8) is 0 Å². The Balaban J connectivity index is 1.71. The largest absolute Gasteiger partial charge is 0.479 e. The molecule has 2 amide bonds. The van der Waals surface area contributed by atoms with Gasteiger partial charge in [-0.15, -0.1) is 0 Å². The number of hydrogen-bond donors (Lipinski definition) is 2. The van der Waals surface area contributed by atoms with Gasteiger partial charge in [0.15, 0.2) is 6.10 Å². The molecule has 20 heavy (non-hydrogen) atoms. The normalized spacial score (nSPS) is 25.4. The van der Waals surface area contributed by atoms with Crippen molar-refractivity contribution >= 4 is 12.0 Å². The zero-order valence-electron chi connectivity index (χ0n) is 12.0. The summed E-state index contributed by atoms with van der Waals surface area (Å²) in [7, 11) is 0. The van der Waals surface area contributed by atoms with Crippen LogP contribution in [0, 0.1) is 5.92 Å². The molecule has 2 unspecified atom stereocenters. The number of urea groups is 1. The Bertz CT molecular complexity index is 357. The lowest BCUT2D eigenvalue weighted by molar-refractivity contribution is -0.149. The zero-order valence-corrected chi connectivity index (χ0v) is 12.0. The van der Waals surface area contributed by atoms with Crippen LogP contribution in [0.3, 0.4) is 0 Å². The molecule has 1 aliphatic heterocycles. The predicted octanol–water partition coefficient (Wildman–Crippen LogP) is 1.45. The van der Waals surface area contributed by atoms with Crippen molar-refractivity contribution in [1.82, 2.24) is 10.2 Å². The van der Waals surface area contributed by atoms with Gasteiger partial charge in [-0.2, -0.15) is 0 Å². The van der Waals surface area contributed by atoms with Crippen LogP contribution in [0.15, 0.2) is 0 Å². The molecule has 1 aliphatic carbocycles. The van der Waals surface area contributed by atoms with Crippen molar-refractivity contribution in [2.24, 2.45) is 5.92 Å². The Morgan fingerprint density at radius 2 is 2.05 bits per heavy atom. The van der Waals surface area contributed by atoms with Gasteiger partial charge in [-0.3, -0.25) is 0 Å². The minimum Gasteiger partial charge on any atom is -0.479 e. The van der Waals surface area contributed by atoms with E-state index in [2.05, 4.69) is 12.2 Å². The fourth-order valence-corrected chi connectivity index (χ4v) is 2.51. The van der Waals surface area contributed by atoms with E-state index in [1.807, 2.05) is 4.90 Å². The van der Waals surface area contributed by atoms with Gasteiger partial charge >= 0.3 is 12.0 Å². The van der Waals surface area contributed by atoms with Crippen molar-refractivity contribution in [3.8, 4) is 0 Å². The van der Waals surface area contributed by atoms with Gasteiger partial charge in [-0.05, 0) is 38.0 Å². The predicted molar refractivity (Wildman–Crippen MR) is 73.5 cm³/mol. The number of carbonyl (C=O) groups excluding carboxylic acids is 1. The summed E-state index contributed by atoms with van der Waals surface area (Å²) < 4.78 is 5.37. The van der Waals surface area contributed by atoms with E-state index < -0.39 is 12.1 Å². The topological polar surface area (TPSA) is 78.9 Å². The maximum atomic E-state index is 12.1. The van der Waals surface area contributed by atoms with Crippen molar-refractivity contribution in [1.29, 1.82) is 0 Å². The quantitative estimate of drug-likeness (QED) is 0.741. The van der Waals surface area contributed by atoms with Crippen LogP contribution in [0.4, 0.5) is 4.79 Å². The first-order valence-electron chi connectivity index (χ1n) is 7.51. The zero-order chi connectivity index (χ0) is 14.5. The molecule has 0 radical (unpaired) electrons. The molecule has 1 saturated carbocycles. The summed E-state index contributed by atoms with van der Waals surface area (Å²) in [5.74, 6) is -0.244. The summed E-state index contributed by atoms with van der Waals surface area (Å²) in [6, 6.07) is -0.0545. The van der Waals surface area contributed by atoms with Crippen LogP contribution in [-0.2, 0) is 9.53 Å². The lowest BCUT2D eigenvalue weighted by Crippen LogP contribution is -2.44. The first kappa shape index (κ1) is 15.1. The molecule has 6 nitrogen and oxygen atoms in total. The smallest absolute Gasteiger partial charge is 0.332 e. The third kappa shape index (κ3) is 4.37. The molecule has 1 saturated heterocycles. The molecule has 0 aromatic heterocycles. The summed E-state index contributed by atoms with van der Waals surface area (Å²) in [4.78, 5) is 24.8. The number of rotatable bonds is 7. The molecule has 2 N–H and O–H groups in total. The Labute approximate surface area is 119 Å². The Morgan fingerprint density at radius 3 is 2.60 bits per heavy atom. The van der Waals surface area contributed by atoms with Crippen LogP contribution in [0.25, 0.3) is 0 Å². The number of nitrogens with one attached hydrogen (secondary N) is 1. The average Bonchev–Trinajstić information content (AvgIpc) is 3.10. The molecule has 0 spiro atoms. The van der Waals surface area contributed by atoms with Gasteiger partial charge in [0.05, 0.1) is 6.10 Å². The minimum atomic E-state index is -0.917. The molecule has 2 atom stereocenters. The maximum absolute atomic E-state index is 12.1. The number of carboxylic acids is 1. The molecule has 114 valence electrons. The molecular formula is C14H24N2O4. The maximum Gasteiger partial charge on any atom is 0.332 e. The lowest BCUT2D eigenvalue weighted by Gasteiger charge is -2.23. The molecule has 0 bridgehead atoms. The Morgan fingerprint density at radius 1 is 1.30 bits per heavy atom. The van der Waals surface area contributed by atoms with Crippen LogP contribution in [0.5, 0.6) is 0 Å². The van der Waals surface area contributed by atoms with Gasteiger partial charge in [0.2, 0.25) is 0 Å². The molecule has 2 fully saturated rings. The average molecular weight is 284 g/mol. The van der Waals surface area contributed by atoms with E-state index in [0.29, 0.717) is 25.3 Å².